The van der Waals surface area contributed by atoms with E-state index in [4.69, 9.17) is 0 Å². The van der Waals surface area contributed by atoms with Crippen molar-refractivity contribution in [1.82, 2.24) is 0 Å². The first-order valence-electron chi connectivity index (χ1n) is 16.3. The van der Waals surface area contributed by atoms with Crippen molar-refractivity contribution in [2.75, 3.05) is 5.32 Å². The number of nitrogens with one attached hydrogen (secondary N) is 1. The zero-order chi connectivity index (χ0) is 31.4. The van der Waals surface area contributed by atoms with Gasteiger partial charge in [-0.15, -0.1) is 11.3 Å². The number of benzene rings is 5. The number of hydrogen-bond donors (Lipinski definition) is 1. The van der Waals surface area contributed by atoms with E-state index in [0.29, 0.717) is 0 Å². The third-order valence-corrected chi connectivity index (χ3v) is 12.1. The van der Waals surface area contributed by atoms with Gasteiger partial charge in [0.1, 0.15) is 0 Å². The molecule has 0 aliphatic carbocycles. The molecule has 0 spiro atoms. The highest BCUT2D eigenvalue weighted by molar-refractivity contribution is 8.03. The maximum absolute atomic E-state index is 3.68. The number of rotatable bonds is 4. The van der Waals surface area contributed by atoms with Gasteiger partial charge in [-0.2, -0.15) is 0 Å². The zero-order valence-electron chi connectivity index (χ0n) is 26.8. The van der Waals surface area contributed by atoms with Crippen LogP contribution in [0.2, 0.25) is 0 Å². The Labute approximate surface area is 280 Å². The molecule has 1 N–H and O–H groups in total. The third kappa shape index (κ3) is 4.68. The summed E-state index contributed by atoms with van der Waals surface area (Å²) in [4.78, 5) is 3.92. The molecule has 9 rings (SSSR count). The van der Waals surface area contributed by atoms with Crippen molar-refractivity contribution < 1.29 is 0 Å². The predicted octanol–water partition coefficient (Wildman–Crippen LogP) is 12.9. The van der Waals surface area contributed by atoms with Crippen molar-refractivity contribution in [2.24, 2.45) is 0 Å². The number of anilines is 1. The first kappa shape index (κ1) is 29.1. The van der Waals surface area contributed by atoms with Crippen LogP contribution in [0, 0.1) is 6.92 Å². The number of hydrogen-bond acceptors (Lipinski definition) is 3. The van der Waals surface area contributed by atoms with Gasteiger partial charge in [-0.25, -0.2) is 0 Å². The Morgan fingerprint density at radius 2 is 1.54 bits per heavy atom. The molecule has 0 radical (unpaired) electrons. The molecule has 0 saturated heterocycles. The summed E-state index contributed by atoms with van der Waals surface area (Å²) in [6, 6.07) is 36.0. The second-order valence-corrected chi connectivity index (χ2v) is 15.0. The summed E-state index contributed by atoms with van der Waals surface area (Å²) < 4.78 is 1.37. The average molecular weight is 632 g/mol. The van der Waals surface area contributed by atoms with Crippen LogP contribution >= 0.6 is 23.1 Å². The van der Waals surface area contributed by atoms with Gasteiger partial charge >= 0.3 is 0 Å². The number of thiophene rings is 1. The number of thioether (sulfide) groups is 1. The first-order valence-corrected chi connectivity index (χ1v) is 17.9. The largest absolute Gasteiger partial charge is 0.360 e. The molecule has 0 unspecified atom stereocenters. The zero-order valence-corrected chi connectivity index (χ0v) is 28.4. The van der Waals surface area contributed by atoms with Crippen LogP contribution in [0.1, 0.15) is 49.4 Å². The van der Waals surface area contributed by atoms with Gasteiger partial charge in [-0.3, -0.25) is 0 Å². The Bertz CT molecular complexity index is 2260. The van der Waals surface area contributed by atoms with Crippen molar-refractivity contribution in [3.05, 3.63) is 149 Å². The molecular formula is C43H37NS2. The monoisotopic (exact) mass is 631 g/mol. The molecule has 226 valence electrons. The van der Waals surface area contributed by atoms with Crippen LogP contribution in [0.4, 0.5) is 5.69 Å². The molecule has 0 atom stereocenters. The lowest BCUT2D eigenvalue weighted by Gasteiger charge is -2.34. The predicted molar refractivity (Wildman–Crippen MR) is 203 cm³/mol. The SMILES string of the molecule is CCCc1c(-c2cccc(-c3c4c(cc5ccccc35)\C3=C/C=C\C(=C/Nc5ccccc5C3(C)C)S4)c2C)sc2ccccc12. The fraction of sp³-hybridized carbons (Fsp3) is 0.163. The lowest BCUT2D eigenvalue weighted by atomic mass is 9.73. The Balaban J connectivity index is 1.43. The molecule has 1 nitrogen and oxygen atoms in total. The molecule has 3 aliphatic rings. The number of para-hydroxylation sites is 1. The van der Waals surface area contributed by atoms with Gasteiger partial charge in [-0.1, -0.05) is 130 Å². The van der Waals surface area contributed by atoms with E-state index in [1.54, 1.807) is 0 Å². The smallest absolute Gasteiger partial charge is 0.0421 e. The highest BCUT2D eigenvalue weighted by atomic mass is 32.2. The second-order valence-electron chi connectivity index (χ2n) is 12.9. The van der Waals surface area contributed by atoms with Crippen molar-refractivity contribution in [3.63, 3.8) is 0 Å². The Kier molecular flexibility index (Phi) is 7.27. The molecular weight excluding hydrogens is 595 g/mol. The van der Waals surface area contributed by atoms with Crippen molar-refractivity contribution >= 4 is 55.2 Å². The summed E-state index contributed by atoms with van der Waals surface area (Å²) in [6.45, 7) is 9.36. The van der Waals surface area contributed by atoms with E-state index in [1.807, 2.05) is 23.1 Å². The number of fused-ring (bicyclic) bond motifs is 4. The Morgan fingerprint density at radius 1 is 0.783 bits per heavy atom. The van der Waals surface area contributed by atoms with Crippen molar-refractivity contribution in [3.8, 4) is 21.6 Å². The second kappa shape index (κ2) is 11.5. The minimum atomic E-state index is -0.241. The topological polar surface area (TPSA) is 12.0 Å². The van der Waals surface area contributed by atoms with Gasteiger partial charge in [0.25, 0.3) is 0 Å². The molecule has 6 aromatic rings. The van der Waals surface area contributed by atoms with Crippen molar-refractivity contribution in [1.29, 1.82) is 0 Å². The van der Waals surface area contributed by atoms with Crippen LogP contribution in [-0.4, -0.2) is 0 Å². The fourth-order valence-electron chi connectivity index (χ4n) is 7.42. The summed E-state index contributed by atoms with van der Waals surface area (Å²) in [6.07, 6.45) is 11.2. The quantitative estimate of drug-likeness (QED) is 0.208. The van der Waals surface area contributed by atoms with Gasteiger partial charge in [0.05, 0.1) is 0 Å². The van der Waals surface area contributed by atoms with Gasteiger partial charge in [0.15, 0.2) is 0 Å². The Hall–Kier alpha value is -4.31. The summed E-state index contributed by atoms with van der Waals surface area (Å²) >= 11 is 3.82. The van der Waals surface area contributed by atoms with E-state index in [1.165, 1.54) is 80.1 Å². The highest BCUT2D eigenvalue weighted by Crippen LogP contribution is 2.53. The van der Waals surface area contributed by atoms with Crippen LogP contribution in [0.15, 0.2) is 131 Å². The maximum Gasteiger partial charge on any atom is 0.0421 e. The average Bonchev–Trinajstić information content (AvgIpc) is 3.42. The molecule has 5 aromatic carbocycles. The van der Waals surface area contributed by atoms with Crippen LogP contribution in [-0.2, 0) is 11.8 Å². The van der Waals surface area contributed by atoms with Crippen LogP contribution in [0.25, 0.3) is 48.0 Å². The molecule has 3 aliphatic heterocycles. The van der Waals surface area contributed by atoms with Crippen molar-refractivity contribution in [2.45, 2.75) is 50.8 Å². The van der Waals surface area contributed by atoms with E-state index in [-0.39, 0.29) is 5.41 Å². The fourth-order valence-corrected chi connectivity index (χ4v) is 9.86. The van der Waals surface area contributed by atoms with E-state index in [2.05, 4.69) is 155 Å². The van der Waals surface area contributed by atoms with E-state index < -0.39 is 0 Å². The summed E-state index contributed by atoms with van der Waals surface area (Å²) in [5, 5.41) is 7.66. The summed E-state index contributed by atoms with van der Waals surface area (Å²) in [5.41, 5.74) is 11.7. The standard InChI is InChI=1S/C43H37NS2/c1-5-14-34-33-18-8-11-24-39(33)46-41(34)31-20-13-19-30(27(31)2)40-32-17-7-6-15-28(32)25-35-36-22-12-16-29(45-42(35)40)26-44-38-23-10-9-21-37(38)43(36,3)4/h6-13,15-26,44H,5,14H2,1-4H3/b16-12-,29-26+,36-22+. The molecule has 0 fully saturated rings. The molecule has 0 saturated carbocycles. The summed E-state index contributed by atoms with van der Waals surface area (Å²) in [7, 11) is 0. The lowest BCUT2D eigenvalue weighted by Crippen LogP contribution is -2.22. The maximum atomic E-state index is 3.68. The Morgan fingerprint density at radius 3 is 2.41 bits per heavy atom. The van der Waals surface area contributed by atoms with Crippen LogP contribution in [0.5, 0.6) is 0 Å². The van der Waals surface area contributed by atoms with E-state index >= 15 is 0 Å². The van der Waals surface area contributed by atoms with E-state index in [0.717, 1.165) is 18.5 Å². The normalized spacial score (nSPS) is 18.1. The third-order valence-electron chi connectivity index (χ3n) is 9.72. The minimum absolute atomic E-state index is 0.241. The van der Waals surface area contributed by atoms with E-state index in [9.17, 15) is 0 Å². The highest BCUT2D eigenvalue weighted by Gasteiger charge is 2.33. The van der Waals surface area contributed by atoms with Crippen LogP contribution in [0.3, 0.4) is 0 Å². The van der Waals surface area contributed by atoms with Crippen LogP contribution < -0.4 is 5.32 Å². The molecule has 46 heavy (non-hydrogen) atoms. The van der Waals surface area contributed by atoms with Gasteiger partial charge in [0, 0.05) is 42.2 Å². The summed E-state index contributed by atoms with van der Waals surface area (Å²) in [5.74, 6) is 0. The van der Waals surface area contributed by atoms with Gasteiger partial charge in [0.2, 0.25) is 0 Å². The first-order chi connectivity index (χ1) is 22.5. The van der Waals surface area contributed by atoms with Gasteiger partial charge < -0.3 is 5.32 Å². The molecule has 1 aromatic heterocycles. The molecule has 3 heteroatoms. The molecule has 0 amide bonds. The minimum Gasteiger partial charge on any atom is -0.360 e. The molecule has 4 heterocycles. The molecule has 2 bridgehead atoms. The number of aryl methyl sites for hydroxylation is 1. The number of allylic oxidation sites excluding steroid dienone is 4. The lowest BCUT2D eigenvalue weighted by molar-refractivity contribution is 0.692. The van der Waals surface area contributed by atoms with Gasteiger partial charge in [-0.05, 0) is 92.7 Å².